The zero-order chi connectivity index (χ0) is 22.8. The minimum Gasteiger partial charge on any atom is -0.408 e. The van der Waals surface area contributed by atoms with E-state index in [1.807, 2.05) is 18.3 Å². The van der Waals surface area contributed by atoms with Crippen LogP contribution < -0.4 is 9.64 Å². The van der Waals surface area contributed by atoms with Crippen molar-refractivity contribution in [1.82, 2.24) is 14.9 Å². The molecule has 3 heterocycles. The van der Waals surface area contributed by atoms with E-state index < -0.39 is 17.8 Å². The maximum atomic E-state index is 12.6. The van der Waals surface area contributed by atoms with Crippen LogP contribution in [0.3, 0.4) is 0 Å². The SMILES string of the molecule is CC(=O)C(=O)N1CC=C(c2c[nH]c3ncc(N(C)C(=O)Oc4ccccc4Cl)cc23)CC1. The third kappa shape index (κ3) is 4.22. The monoisotopic (exact) mass is 452 g/mol. The third-order valence-corrected chi connectivity index (χ3v) is 5.67. The Morgan fingerprint density at radius 1 is 1.25 bits per heavy atom. The lowest BCUT2D eigenvalue weighted by Crippen LogP contribution is -2.38. The molecule has 1 aliphatic heterocycles. The van der Waals surface area contributed by atoms with Crippen molar-refractivity contribution in [2.45, 2.75) is 13.3 Å². The molecule has 0 unspecified atom stereocenters. The molecule has 3 aromatic rings. The summed E-state index contributed by atoms with van der Waals surface area (Å²) < 4.78 is 5.40. The number of rotatable bonds is 4. The lowest BCUT2D eigenvalue weighted by Gasteiger charge is -2.25. The summed E-state index contributed by atoms with van der Waals surface area (Å²) in [5, 5.41) is 1.19. The van der Waals surface area contributed by atoms with Gasteiger partial charge in [0, 0.05) is 44.2 Å². The predicted octanol–water partition coefficient (Wildman–Crippen LogP) is 4.06. The third-order valence-electron chi connectivity index (χ3n) is 5.36. The first kappa shape index (κ1) is 21.6. The normalized spacial score (nSPS) is 13.6. The molecule has 0 fully saturated rings. The molecule has 0 saturated carbocycles. The molecule has 1 N–H and O–H groups in total. The highest BCUT2D eigenvalue weighted by molar-refractivity contribution is 6.35. The first-order valence-electron chi connectivity index (χ1n) is 10.0. The van der Waals surface area contributed by atoms with Crippen molar-refractivity contribution in [1.29, 1.82) is 0 Å². The van der Waals surface area contributed by atoms with Gasteiger partial charge in [0.05, 0.1) is 16.9 Å². The highest BCUT2D eigenvalue weighted by atomic mass is 35.5. The van der Waals surface area contributed by atoms with Crippen molar-refractivity contribution >= 4 is 51.7 Å². The molecule has 0 bridgehead atoms. The smallest absolute Gasteiger partial charge is 0.408 e. The molecule has 0 atom stereocenters. The maximum absolute atomic E-state index is 12.6. The molecule has 4 rings (SSSR count). The average Bonchev–Trinajstić information content (AvgIpc) is 3.22. The molecule has 164 valence electrons. The summed E-state index contributed by atoms with van der Waals surface area (Å²) in [7, 11) is 1.60. The minimum atomic E-state index is -0.591. The summed E-state index contributed by atoms with van der Waals surface area (Å²) in [5.74, 6) is -0.657. The molecule has 2 aromatic heterocycles. The Hall–Kier alpha value is -3.65. The van der Waals surface area contributed by atoms with Crippen molar-refractivity contribution in [2.24, 2.45) is 0 Å². The van der Waals surface area contributed by atoms with E-state index in [1.165, 1.54) is 16.7 Å². The summed E-state index contributed by atoms with van der Waals surface area (Å²) >= 11 is 6.07. The second kappa shape index (κ2) is 8.84. The van der Waals surface area contributed by atoms with E-state index in [-0.39, 0.29) is 5.75 Å². The number of ketones is 1. The summed E-state index contributed by atoms with van der Waals surface area (Å²) in [6.07, 6.45) is 5.40. The van der Waals surface area contributed by atoms with Crippen molar-refractivity contribution in [3.8, 4) is 5.75 Å². The number of anilines is 1. The van der Waals surface area contributed by atoms with Gasteiger partial charge in [0.2, 0.25) is 5.78 Å². The van der Waals surface area contributed by atoms with Crippen LogP contribution in [0.4, 0.5) is 10.5 Å². The number of H-pyrrole nitrogens is 1. The second-order valence-corrected chi connectivity index (χ2v) is 7.84. The Morgan fingerprint density at radius 3 is 2.72 bits per heavy atom. The fraction of sp³-hybridized carbons (Fsp3) is 0.217. The van der Waals surface area contributed by atoms with Gasteiger partial charge in [-0.3, -0.25) is 14.5 Å². The van der Waals surface area contributed by atoms with Crippen LogP contribution in [0, 0.1) is 0 Å². The molecule has 2 amide bonds. The van der Waals surface area contributed by atoms with Crippen LogP contribution in [0.2, 0.25) is 5.02 Å². The largest absolute Gasteiger partial charge is 0.419 e. The van der Waals surface area contributed by atoms with E-state index in [2.05, 4.69) is 9.97 Å². The molecule has 0 saturated heterocycles. The number of halogens is 1. The number of benzene rings is 1. The van der Waals surface area contributed by atoms with E-state index in [4.69, 9.17) is 16.3 Å². The van der Waals surface area contributed by atoms with E-state index >= 15 is 0 Å². The number of amides is 2. The summed E-state index contributed by atoms with van der Waals surface area (Å²) in [6, 6.07) is 8.61. The molecule has 8 nitrogen and oxygen atoms in total. The van der Waals surface area contributed by atoms with Crippen LogP contribution >= 0.6 is 11.6 Å². The number of carbonyl (C=O) groups excluding carboxylic acids is 3. The fourth-order valence-electron chi connectivity index (χ4n) is 3.56. The van der Waals surface area contributed by atoms with Gasteiger partial charge in [-0.25, -0.2) is 9.78 Å². The highest BCUT2D eigenvalue weighted by Gasteiger charge is 2.23. The van der Waals surface area contributed by atoms with Gasteiger partial charge in [-0.05, 0) is 30.2 Å². The number of nitrogens with one attached hydrogen (secondary N) is 1. The van der Waals surface area contributed by atoms with Crippen LogP contribution in [0.25, 0.3) is 16.6 Å². The van der Waals surface area contributed by atoms with Crippen molar-refractivity contribution < 1.29 is 19.1 Å². The standard InChI is InChI=1S/C23H21ClN4O4/c1-14(29)22(30)28-9-7-15(8-10-28)18-13-26-21-17(18)11-16(12-25-21)27(2)23(31)32-20-6-4-3-5-19(20)24/h3-7,11-13H,8-10H2,1-2H3,(H,25,26). The molecule has 0 radical (unpaired) electrons. The molecular weight excluding hydrogens is 432 g/mol. The Labute approximate surface area is 189 Å². The number of hydrogen-bond donors (Lipinski definition) is 1. The quantitative estimate of drug-likeness (QED) is 0.602. The van der Waals surface area contributed by atoms with Crippen LogP contribution in [-0.4, -0.2) is 52.8 Å². The van der Waals surface area contributed by atoms with Gasteiger partial charge in [0.15, 0.2) is 5.75 Å². The first-order valence-corrected chi connectivity index (χ1v) is 10.4. The summed E-state index contributed by atoms with van der Waals surface area (Å²) in [4.78, 5) is 46.3. The topological polar surface area (TPSA) is 95.6 Å². The van der Waals surface area contributed by atoms with Crippen LogP contribution in [0.5, 0.6) is 5.75 Å². The zero-order valence-corrected chi connectivity index (χ0v) is 18.3. The molecular formula is C23H21ClN4O4. The number of fused-ring (bicyclic) bond motifs is 1. The van der Waals surface area contributed by atoms with Gasteiger partial charge in [0.1, 0.15) is 5.65 Å². The lowest BCUT2D eigenvalue weighted by molar-refractivity contribution is -0.143. The molecule has 1 aromatic carbocycles. The Kier molecular flexibility index (Phi) is 5.96. The molecule has 9 heteroatoms. The van der Waals surface area contributed by atoms with E-state index in [0.717, 1.165) is 16.5 Å². The molecule has 32 heavy (non-hydrogen) atoms. The molecule has 0 spiro atoms. The Bertz CT molecular complexity index is 1250. The van der Waals surface area contributed by atoms with Crippen LogP contribution in [0.1, 0.15) is 18.9 Å². The van der Waals surface area contributed by atoms with E-state index in [0.29, 0.717) is 35.9 Å². The maximum Gasteiger partial charge on any atom is 0.419 e. The number of aromatic nitrogens is 2. The summed E-state index contributed by atoms with van der Waals surface area (Å²) in [5.41, 5.74) is 3.22. The second-order valence-electron chi connectivity index (χ2n) is 7.44. The number of nitrogens with zero attached hydrogens (tertiary/aromatic N) is 3. The van der Waals surface area contributed by atoms with E-state index in [1.54, 1.807) is 37.5 Å². The number of ether oxygens (including phenoxy) is 1. The Balaban J connectivity index is 1.56. The zero-order valence-electron chi connectivity index (χ0n) is 17.6. The molecule has 0 aliphatic carbocycles. The van der Waals surface area contributed by atoms with Crippen molar-refractivity contribution in [3.63, 3.8) is 0 Å². The van der Waals surface area contributed by atoms with Crippen LogP contribution in [0.15, 0.2) is 48.8 Å². The molecule has 1 aliphatic rings. The average molecular weight is 453 g/mol. The Morgan fingerprint density at radius 2 is 2.03 bits per heavy atom. The number of hydrogen-bond acceptors (Lipinski definition) is 5. The summed E-state index contributed by atoms with van der Waals surface area (Å²) in [6.45, 7) is 2.12. The highest BCUT2D eigenvalue weighted by Crippen LogP contribution is 2.31. The van der Waals surface area contributed by atoms with Gasteiger partial charge in [-0.15, -0.1) is 0 Å². The number of carbonyl (C=O) groups is 3. The predicted molar refractivity (Wildman–Crippen MR) is 122 cm³/mol. The first-order chi connectivity index (χ1) is 15.3. The van der Waals surface area contributed by atoms with Gasteiger partial charge in [-0.1, -0.05) is 29.8 Å². The van der Waals surface area contributed by atoms with Gasteiger partial charge in [0.25, 0.3) is 5.91 Å². The number of para-hydroxylation sites is 1. The van der Waals surface area contributed by atoms with Gasteiger partial charge in [-0.2, -0.15) is 0 Å². The fourth-order valence-corrected chi connectivity index (χ4v) is 3.73. The van der Waals surface area contributed by atoms with Crippen molar-refractivity contribution in [3.05, 3.63) is 59.4 Å². The number of aromatic amines is 1. The number of pyridine rings is 1. The van der Waals surface area contributed by atoms with E-state index in [9.17, 15) is 14.4 Å². The number of Topliss-reactive ketones (excluding diaryl/α,β-unsaturated/α-hetero) is 1. The van der Waals surface area contributed by atoms with Crippen molar-refractivity contribution in [2.75, 3.05) is 25.0 Å². The van der Waals surface area contributed by atoms with Gasteiger partial charge >= 0.3 is 6.09 Å². The lowest BCUT2D eigenvalue weighted by atomic mass is 9.99. The van der Waals surface area contributed by atoms with Gasteiger partial charge < -0.3 is 14.6 Å². The minimum absolute atomic E-state index is 0.277. The van der Waals surface area contributed by atoms with Crippen LogP contribution in [-0.2, 0) is 9.59 Å².